The van der Waals surface area contributed by atoms with Crippen molar-refractivity contribution in [2.24, 2.45) is 0 Å². The Morgan fingerprint density at radius 3 is 1.61 bits per heavy atom. The van der Waals surface area contributed by atoms with E-state index < -0.39 is 20.5 Å². The molecule has 0 saturated heterocycles. The molecule has 0 aliphatic rings. The molecule has 0 amide bonds. The SMILES string of the molecule is Cc1ccc(S(=O)(=O)NC(c2ccccc2)(c2ccccc2)c2ccc([N+](=O)[O-])cc2)cc1. The van der Waals surface area contributed by atoms with Crippen molar-refractivity contribution < 1.29 is 13.3 Å². The molecule has 4 rings (SSSR count). The molecule has 6 nitrogen and oxygen atoms in total. The highest BCUT2D eigenvalue weighted by Gasteiger charge is 2.40. The van der Waals surface area contributed by atoms with Gasteiger partial charge in [0.1, 0.15) is 5.54 Å². The number of nitrogens with zero attached hydrogens (tertiary/aromatic N) is 1. The molecule has 0 aromatic heterocycles. The second kappa shape index (κ2) is 8.97. The number of nitro groups is 1. The lowest BCUT2D eigenvalue weighted by molar-refractivity contribution is -0.384. The third-order valence-corrected chi connectivity index (χ3v) is 7.01. The summed E-state index contributed by atoms with van der Waals surface area (Å²) in [6.45, 7) is 1.89. The van der Waals surface area contributed by atoms with Crippen molar-refractivity contribution >= 4 is 15.7 Å². The van der Waals surface area contributed by atoms with Crippen molar-refractivity contribution in [3.8, 4) is 0 Å². The van der Waals surface area contributed by atoms with Gasteiger partial charge in [0.2, 0.25) is 10.0 Å². The summed E-state index contributed by atoms with van der Waals surface area (Å²) in [5.74, 6) is 0. The largest absolute Gasteiger partial charge is 0.269 e. The van der Waals surface area contributed by atoms with Gasteiger partial charge in [-0.2, -0.15) is 4.72 Å². The zero-order valence-electron chi connectivity index (χ0n) is 17.9. The quantitative estimate of drug-likeness (QED) is 0.235. The Bertz CT molecular complexity index is 1310. The van der Waals surface area contributed by atoms with Gasteiger partial charge in [0.25, 0.3) is 5.69 Å². The van der Waals surface area contributed by atoms with Crippen LogP contribution < -0.4 is 4.72 Å². The Kier molecular flexibility index (Phi) is 6.09. The number of rotatable bonds is 7. The highest BCUT2D eigenvalue weighted by atomic mass is 32.2. The molecular weight excluding hydrogens is 436 g/mol. The van der Waals surface area contributed by atoms with Crippen LogP contribution in [0.3, 0.4) is 0 Å². The van der Waals surface area contributed by atoms with Crippen LogP contribution >= 0.6 is 0 Å². The number of non-ortho nitro benzene ring substituents is 1. The summed E-state index contributed by atoms with van der Waals surface area (Å²) in [5, 5.41) is 11.2. The van der Waals surface area contributed by atoms with Gasteiger partial charge in [-0.15, -0.1) is 0 Å². The number of hydrogen-bond acceptors (Lipinski definition) is 4. The minimum atomic E-state index is -3.99. The molecule has 0 saturated carbocycles. The molecule has 0 bridgehead atoms. The number of sulfonamides is 1. The first-order valence-electron chi connectivity index (χ1n) is 10.3. The van der Waals surface area contributed by atoms with Crippen LogP contribution in [0.5, 0.6) is 0 Å². The van der Waals surface area contributed by atoms with E-state index in [0.29, 0.717) is 16.7 Å². The summed E-state index contributed by atoms with van der Waals surface area (Å²) in [6.07, 6.45) is 0. The van der Waals surface area contributed by atoms with Gasteiger partial charge in [-0.05, 0) is 47.9 Å². The molecule has 0 radical (unpaired) electrons. The lowest BCUT2D eigenvalue weighted by atomic mass is 9.78. The molecule has 4 aromatic rings. The van der Waals surface area contributed by atoms with Gasteiger partial charge in [-0.3, -0.25) is 10.1 Å². The molecule has 0 unspecified atom stereocenters. The number of aryl methyl sites for hydroxylation is 1. The first-order chi connectivity index (χ1) is 15.8. The van der Waals surface area contributed by atoms with Crippen molar-refractivity contribution in [3.05, 3.63) is 142 Å². The van der Waals surface area contributed by atoms with Gasteiger partial charge in [-0.1, -0.05) is 78.4 Å². The maximum atomic E-state index is 13.6. The Hall–Kier alpha value is -3.81. The molecule has 0 heterocycles. The van der Waals surface area contributed by atoms with Gasteiger partial charge in [0.05, 0.1) is 9.82 Å². The topological polar surface area (TPSA) is 89.3 Å². The zero-order valence-corrected chi connectivity index (χ0v) is 18.7. The van der Waals surface area contributed by atoms with E-state index >= 15 is 0 Å². The van der Waals surface area contributed by atoms with E-state index in [2.05, 4.69) is 4.72 Å². The first kappa shape index (κ1) is 22.4. The maximum absolute atomic E-state index is 13.6. The standard InChI is InChI=1S/C26H22N2O4S/c1-20-12-18-25(19-13-20)33(31,32)27-26(21-8-4-2-5-9-21,22-10-6-3-7-11-22)23-14-16-24(17-15-23)28(29)30/h2-19,27H,1H3. The van der Waals surface area contributed by atoms with Crippen molar-refractivity contribution in [1.29, 1.82) is 0 Å². The fourth-order valence-corrected chi connectivity index (χ4v) is 5.23. The normalized spacial score (nSPS) is 11.8. The Morgan fingerprint density at radius 2 is 1.15 bits per heavy atom. The average Bonchev–Trinajstić information content (AvgIpc) is 2.84. The van der Waals surface area contributed by atoms with Gasteiger partial charge < -0.3 is 0 Å². The molecule has 7 heteroatoms. The van der Waals surface area contributed by atoms with Gasteiger partial charge in [-0.25, -0.2) is 8.42 Å². The molecule has 0 aliphatic heterocycles. The fourth-order valence-electron chi connectivity index (χ4n) is 3.86. The second-order valence-corrected chi connectivity index (χ2v) is 9.39. The van der Waals surface area contributed by atoms with Gasteiger partial charge in [0, 0.05) is 12.1 Å². The van der Waals surface area contributed by atoms with Crippen LogP contribution in [0.2, 0.25) is 0 Å². The Labute approximate surface area is 192 Å². The van der Waals surface area contributed by atoms with Crippen LogP contribution in [0.4, 0.5) is 5.69 Å². The van der Waals surface area contributed by atoms with Crippen LogP contribution in [-0.4, -0.2) is 13.3 Å². The van der Waals surface area contributed by atoms with E-state index in [1.807, 2.05) is 67.6 Å². The third-order valence-electron chi connectivity index (χ3n) is 5.54. The van der Waals surface area contributed by atoms with E-state index in [1.165, 1.54) is 12.1 Å². The Balaban J connectivity index is 1.99. The molecule has 0 atom stereocenters. The molecule has 33 heavy (non-hydrogen) atoms. The van der Waals surface area contributed by atoms with Crippen LogP contribution in [0.1, 0.15) is 22.3 Å². The third kappa shape index (κ3) is 4.41. The maximum Gasteiger partial charge on any atom is 0.269 e. The van der Waals surface area contributed by atoms with E-state index in [9.17, 15) is 18.5 Å². The smallest absolute Gasteiger partial charge is 0.258 e. The molecule has 0 fully saturated rings. The van der Waals surface area contributed by atoms with Gasteiger partial charge in [0.15, 0.2) is 0 Å². The van der Waals surface area contributed by atoms with E-state index in [4.69, 9.17) is 0 Å². The summed E-state index contributed by atoms with van der Waals surface area (Å²) in [5.41, 5.74) is 1.47. The lowest BCUT2D eigenvalue weighted by Crippen LogP contribution is -2.47. The first-order valence-corrected chi connectivity index (χ1v) is 11.8. The van der Waals surface area contributed by atoms with Crippen molar-refractivity contribution in [1.82, 2.24) is 4.72 Å². The minimum Gasteiger partial charge on any atom is -0.258 e. The lowest BCUT2D eigenvalue weighted by Gasteiger charge is -2.36. The zero-order chi connectivity index (χ0) is 23.5. The second-order valence-electron chi connectivity index (χ2n) is 7.70. The average molecular weight is 459 g/mol. The van der Waals surface area contributed by atoms with Crippen molar-refractivity contribution in [3.63, 3.8) is 0 Å². The van der Waals surface area contributed by atoms with Crippen LogP contribution in [0, 0.1) is 17.0 Å². The summed E-state index contributed by atoms with van der Waals surface area (Å²) in [4.78, 5) is 10.9. The highest BCUT2D eigenvalue weighted by Crippen LogP contribution is 2.39. The molecule has 0 aliphatic carbocycles. The summed E-state index contributed by atoms with van der Waals surface area (Å²) in [6, 6.07) is 31.0. The monoisotopic (exact) mass is 458 g/mol. The Morgan fingerprint density at radius 1 is 0.697 bits per heavy atom. The van der Waals surface area contributed by atoms with Crippen molar-refractivity contribution in [2.45, 2.75) is 17.4 Å². The molecule has 0 spiro atoms. The molecule has 1 N–H and O–H groups in total. The summed E-state index contributed by atoms with van der Waals surface area (Å²) in [7, 11) is -3.99. The highest BCUT2D eigenvalue weighted by molar-refractivity contribution is 7.89. The predicted molar refractivity (Wildman–Crippen MR) is 127 cm³/mol. The van der Waals surface area contributed by atoms with Crippen molar-refractivity contribution in [2.75, 3.05) is 0 Å². The van der Waals surface area contributed by atoms with Crippen LogP contribution in [0.15, 0.2) is 114 Å². The minimum absolute atomic E-state index is 0.0739. The van der Waals surface area contributed by atoms with Crippen LogP contribution in [-0.2, 0) is 15.6 Å². The predicted octanol–water partition coefficient (Wildman–Crippen LogP) is 5.17. The number of hydrogen-bond donors (Lipinski definition) is 1. The van der Waals surface area contributed by atoms with Crippen LogP contribution in [0.25, 0.3) is 0 Å². The van der Waals surface area contributed by atoms with E-state index in [-0.39, 0.29) is 10.6 Å². The fraction of sp³-hybridized carbons (Fsp3) is 0.0769. The number of nitrogens with one attached hydrogen (secondary N) is 1. The summed E-state index contributed by atoms with van der Waals surface area (Å²) >= 11 is 0. The molecule has 4 aromatic carbocycles. The number of benzene rings is 4. The van der Waals surface area contributed by atoms with E-state index in [0.717, 1.165) is 5.56 Å². The molecule has 166 valence electrons. The van der Waals surface area contributed by atoms with E-state index in [1.54, 1.807) is 36.4 Å². The molecular formula is C26H22N2O4S. The number of nitro benzene ring substituents is 1. The summed E-state index contributed by atoms with van der Waals surface area (Å²) < 4.78 is 30.2. The van der Waals surface area contributed by atoms with Gasteiger partial charge >= 0.3 is 0 Å².